The SMILES string of the molecule is COc1ccc(Br)cc1C(=O)C(C)CN(C)C. The van der Waals surface area contributed by atoms with Crippen molar-refractivity contribution < 1.29 is 9.53 Å². The maximum absolute atomic E-state index is 12.3. The van der Waals surface area contributed by atoms with Crippen LogP contribution in [0.3, 0.4) is 0 Å². The molecule has 1 aromatic carbocycles. The van der Waals surface area contributed by atoms with Crippen molar-refractivity contribution in [2.75, 3.05) is 27.7 Å². The summed E-state index contributed by atoms with van der Waals surface area (Å²) in [5.74, 6) is 0.689. The lowest BCUT2D eigenvalue weighted by Gasteiger charge is -2.17. The fourth-order valence-electron chi connectivity index (χ4n) is 1.77. The first kappa shape index (κ1) is 14.2. The fourth-order valence-corrected chi connectivity index (χ4v) is 2.13. The Morgan fingerprint density at radius 2 is 2.12 bits per heavy atom. The minimum atomic E-state index is -0.0480. The van der Waals surface area contributed by atoms with Crippen molar-refractivity contribution in [3.05, 3.63) is 28.2 Å². The van der Waals surface area contributed by atoms with Gasteiger partial charge in [0.15, 0.2) is 5.78 Å². The molecule has 0 heterocycles. The summed E-state index contributed by atoms with van der Waals surface area (Å²) < 4.78 is 6.11. The van der Waals surface area contributed by atoms with E-state index in [0.29, 0.717) is 11.3 Å². The van der Waals surface area contributed by atoms with Gasteiger partial charge in [0.05, 0.1) is 12.7 Å². The fraction of sp³-hybridized carbons (Fsp3) is 0.462. The average Bonchev–Trinajstić information content (AvgIpc) is 2.27. The van der Waals surface area contributed by atoms with Crippen LogP contribution in [0, 0.1) is 5.92 Å². The molecule has 0 spiro atoms. The molecule has 4 heteroatoms. The number of halogens is 1. The predicted molar refractivity (Wildman–Crippen MR) is 72.7 cm³/mol. The normalized spacial score (nSPS) is 12.6. The molecule has 0 fully saturated rings. The zero-order chi connectivity index (χ0) is 13.0. The highest BCUT2D eigenvalue weighted by atomic mass is 79.9. The second-order valence-electron chi connectivity index (χ2n) is 4.37. The molecule has 0 saturated heterocycles. The Hall–Kier alpha value is -0.870. The van der Waals surface area contributed by atoms with Crippen LogP contribution in [0.15, 0.2) is 22.7 Å². The molecule has 1 atom stereocenters. The third-order valence-corrected chi connectivity index (χ3v) is 3.01. The molecular formula is C13H18BrNO2. The monoisotopic (exact) mass is 299 g/mol. The van der Waals surface area contributed by atoms with E-state index >= 15 is 0 Å². The van der Waals surface area contributed by atoms with Gasteiger partial charge in [-0.15, -0.1) is 0 Å². The van der Waals surface area contributed by atoms with Crippen molar-refractivity contribution in [1.29, 1.82) is 0 Å². The molecule has 3 nitrogen and oxygen atoms in total. The lowest BCUT2D eigenvalue weighted by atomic mass is 9.98. The largest absolute Gasteiger partial charge is 0.496 e. The molecule has 0 radical (unpaired) electrons. The Morgan fingerprint density at radius 3 is 2.65 bits per heavy atom. The molecule has 0 amide bonds. The third-order valence-electron chi connectivity index (χ3n) is 2.51. The van der Waals surface area contributed by atoms with Gasteiger partial charge in [-0.2, -0.15) is 0 Å². The van der Waals surface area contributed by atoms with Gasteiger partial charge in [0.2, 0.25) is 0 Å². The van der Waals surface area contributed by atoms with Crippen LogP contribution in [0.5, 0.6) is 5.75 Å². The van der Waals surface area contributed by atoms with Gasteiger partial charge in [0.1, 0.15) is 5.75 Å². The molecule has 0 aliphatic heterocycles. The van der Waals surface area contributed by atoms with E-state index in [1.807, 2.05) is 38.1 Å². The Morgan fingerprint density at radius 1 is 1.47 bits per heavy atom. The summed E-state index contributed by atoms with van der Waals surface area (Å²) in [6.45, 7) is 2.66. The van der Waals surface area contributed by atoms with E-state index in [4.69, 9.17) is 4.74 Å². The number of ketones is 1. The number of methoxy groups -OCH3 is 1. The van der Waals surface area contributed by atoms with Gasteiger partial charge in [-0.05, 0) is 32.3 Å². The zero-order valence-corrected chi connectivity index (χ0v) is 12.2. The van der Waals surface area contributed by atoms with E-state index in [2.05, 4.69) is 15.9 Å². The van der Waals surface area contributed by atoms with E-state index in [9.17, 15) is 4.79 Å². The molecule has 0 saturated carbocycles. The van der Waals surface area contributed by atoms with E-state index in [0.717, 1.165) is 11.0 Å². The van der Waals surface area contributed by atoms with E-state index in [1.54, 1.807) is 13.2 Å². The summed E-state index contributed by atoms with van der Waals surface area (Å²) in [5, 5.41) is 0. The molecular weight excluding hydrogens is 282 g/mol. The Bertz CT molecular complexity index is 404. The number of ether oxygens (including phenoxy) is 1. The molecule has 0 aliphatic rings. The summed E-state index contributed by atoms with van der Waals surface area (Å²) >= 11 is 3.38. The second kappa shape index (κ2) is 6.17. The van der Waals surface area contributed by atoms with Crippen LogP contribution in [0.4, 0.5) is 0 Å². The van der Waals surface area contributed by atoms with Crippen LogP contribution in [0.25, 0.3) is 0 Å². The van der Waals surface area contributed by atoms with Crippen molar-refractivity contribution in [3.8, 4) is 5.75 Å². The van der Waals surface area contributed by atoms with E-state index in [1.165, 1.54) is 0 Å². The van der Waals surface area contributed by atoms with Crippen molar-refractivity contribution in [2.45, 2.75) is 6.92 Å². The maximum atomic E-state index is 12.3. The predicted octanol–water partition coefficient (Wildman–Crippen LogP) is 2.84. The Balaban J connectivity index is 2.98. The highest BCUT2D eigenvalue weighted by Crippen LogP contribution is 2.25. The van der Waals surface area contributed by atoms with Gasteiger partial charge in [-0.25, -0.2) is 0 Å². The first-order valence-corrected chi connectivity index (χ1v) is 6.27. The number of carbonyl (C=O) groups excluding carboxylic acids is 1. The highest BCUT2D eigenvalue weighted by Gasteiger charge is 2.19. The third kappa shape index (κ3) is 3.82. The van der Waals surface area contributed by atoms with E-state index < -0.39 is 0 Å². The number of hydrogen-bond donors (Lipinski definition) is 0. The first-order valence-electron chi connectivity index (χ1n) is 5.48. The lowest BCUT2D eigenvalue weighted by molar-refractivity contribution is 0.0907. The summed E-state index contributed by atoms with van der Waals surface area (Å²) in [6, 6.07) is 5.49. The number of nitrogens with zero attached hydrogens (tertiary/aromatic N) is 1. The van der Waals surface area contributed by atoms with Crippen LogP contribution in [-0.2, 0) is 0 Å². The molecule has 94 valence electrons. The molecule has 0 aliphatic carbocycles. The van der Waals surface area contributed by atoms with Crippen LogP contribution >= 0.6 is 15.9 Å². The van der Waals surface area contributed by atoms with Crippen LogP contribution in [-0.4, -0.2) is 38.4 Å². The Kier molecular flexibility index (Phi) is 5.15. The van der Waals surface area contributed by atoms with Crippen LogP contribution in [0.2, 0.25) is 0 Å². The smallest absolute Gasteiger partial charge is 0.170 e. The summed E-state index contributed by atoms with van der Waals surface area (Å²) in [5.41, 5.74) is 0.635. The molecule has 0 aromatic heterocycles. The quantitative estimate of drug-likeness (QED) is 0.783. The summed E-state index contributed by atoms with van der Waals surface area (Å²) in [6.07, 6.45) is 0. The van der Waals surface area contributed by atoms with Gasteiger partial charge in [-0.1, -0.05) is 22.9 Å². The molecule has 1 aromatic rings. The van der Waals surface area contributed by atoms with Gasteiger partial charge < -0.3 is 9.64 Å². The van der Waals surface area contributed by atoms with Gasteiger partial charge in [0.25, 0.3) is 0 Å². The van der Waals surface area contributed by atoms with Crippen molar-refractivity contribution in [3.63, 3.8) is 0 Å². The molecule has 0 N–H and O–H groups in total. The second-order valence-corrected chi connectivity index (χ2v) is 5.29. The lowest BCUT2D eigenvalue weighted by Crippen LogP contribution is -2.26. The molecule has 0 bridgehead atoms. The van der Waals surface area contributed by atoms with E-state index in [-0.39, 0.29) is 11.7 Å². The number of benzene rings is 1. The number of carbonyl (C=O) groups is 1. The van der Waals surface area contributed by atoms with Crippen molar-refractivity contribution >= 4 is 21.7 Å². The standard InChI is InChI=1S/C13H18BrNO2/c1-9(8-15(2)3)13(16)11-7-10(14)5-6-12(11)17-4/h5-7,9H,8H2,1-4H3. The minimum absolute atomic E-state index is 0.0480. The Labute approximate surface area is 111 Å². The molecule has 17 heavy (non-hydrogen) atoms. The topological polar surface area (TPSA) is 29.5 Å². The highest BCUT2D eigenvalue weighted by molar-refractivity contribution is 9.10. The number of Topliss-reactive ketones (excluding diaryl/α,β-unsaturated/α-hetero) is 1. The van der Waals surface area contributed by atoms with Crippen LogP contribution in [0.1, 0.15) is 17.3 Å². The molecule has 1 unspecified atom stereocenters. The maximum Gasteiger partial charge on any atom is 0.170 e. The average molecular weight is 300 g/mol. The summed E-state index contributed by atoms with van der Waals surface area (Å²) in [7, 11) is 5.50. The van der Waals surface area contributed by atoms with Gasteiger partial charge >= 0.3 is 0 Å². The summed E-state index contributed by atoms with van der Waals surface area (Å²) in [4.78, 5) is 14.3. The van der Waals surface area contributed by atoms with Crippen molar-refractivity contribution in [1.82, 2.24) is 4.90 Å². The number of hydrogen-bond acceptors (Lipinski definition) is 3. The van der Waals surface area contributed by atoms with Crippen LogP contribution < -0.4 is 4.74 Å². The minimum Gasteiger partial charge on any atom is -0.496 e. The first-order chi connectivity index (χ1) is 7.95. The number of rotatable bonds is 5. The van der Waals surface area contributed by atoms with Crippen molar-refractivity contribution in [2.24, 2.45) is 5.92 Å². The zero-order valence-electron chi connectivity index (χ0n) is 10.7. The molecule has 1 rings (SSSR count). The van der Waals surface area contributed by atoms with Gasteiger partial charge in [-0.3, -0.25) is 4.79 Å². The van der Waals surface area contributed by atoms with Gasteiger partial charge in [0, 0.05) is 16.9 Å².